The van der Waals surface area contributed by atoms with E-state index in [4.69, 9.17) is 4.74 Å². The van der Waals surface area contributed by atoms with Crippen LogP contribution in [0.2, 0.25) is 0 Å². The van der Waals surface area contributed by atoms with Gasteiger partial charge in [0.1, 0.15) is 5.75 Å². The van der Waals surface area contributed by atoms with Gasteiger partial charge in [0.2, 0.25) is 11.8 Å². The summed E-state index contributed by atoms with van der Waals surface area (Å²) in [7, 11) is 1.61. The highest BCUT2D eigenvalue weighted by atomic mass is 32.2. The molecule has 2 aromatic carbocycles. The smallest absolute Gasteiger partial charge is 0.307 e. The number of hydrogen-bond donors (Lipinski definition) is 3. The Labute approximate surface area is 216 Å². The maximum absolute atomic E-state index is 12.7. The maximum atomic E-state index is 12.7. The van der Waals surface area contributed by atoms with Crippen molar-refractivity contribution >= 4 is 51.7 Å². The minimum absolute atomic E-state index is 0.170. The summed E-state index contributed by atoms with van der Waals surface area (Å²) >= 11 is 2.68. The van der Waals surface area contributed by atoms with Gasteiger partial charge in [-0.25, -0.2) is 4.98 Å². The Bertz CT molecular complexity index is 1270. The van der Waals surface area contributed by atoms with E-state index in [1.54, 1.807) is 31.4 Å². The summed E-state index contributed by atoms with van der Waals surface area (Å²) in [5.41, 5.74) is 2.26. The van der Waals surface area contributed by atoms with Crippen molar-refractivity contribution in [2.24, 2.45) is 11.8 Å². The number of nitrogens with one attached hydrogen (secondary N) is 2. The van der Waals surface area contributed by atoms with Gasteiger partial charge < -0.3 is 20.5 Å². The topological polar surface area (TPSA) is 118 Å². The Morgan fingerprint density at radius 2 is 1.83 bits per heavy atom. The van der Waals surface area contributed by atoms with Crippen LogP contribution in [0, 0.1) is 11.8 Å². The van der Waals surface area contributed by atoms with E-state index in [1.165, 1.54) is 23.1 Å². The summed E-state index contributed by atoms with van der Waals surface area (Å²) < 4.78 is 5.17. The third-order valence-electron chi connectivity index (χ3n) is 5.69. The van der Waals surface area contributed by atoms with E-state index in [0.717, 1.165) is 21.9 Å². The number of amides is 2. The number of anilines is 2. The lowest BCUT2D eigenvalue weighted by atomic mass is 9.82. The summed E-state index contributed by atoms with van der Waals surface area (Å²) in [4.78, 5) is 42.0. The molecule has 8 nitrogen and oxygen atoms in total. The number of aromatic nitrogens is 1. The average molecular weight is 524 g/mol. The zero-order chi connectivity index (χ0) is 25.5. The summed E-state index contributed by atoms with van der Waals surface area (Å²) in [5, 5.41) is 17.5. The first-order chi connectivity index (χ1) is 17.4. The fourth-order valence-electron chi connectivity index (χ4n) is 3.81. The first kappa shape index (κ1) is 25.5. The second kappa shape index (κ2) is 11.9. The molecule has 1 aliphatic rings. The van der Waals surface area contributed by atoms with Crippen LogP contribution in [-0.4, -0.2) is 40.7 Å². The Hall–Kier alpha value is -3.63. The summed E-state index contributed by atoms with van der Waals surface area (Å²) in [5.74, 6) is -1.89. The minimum atomic E-state index is -0.967. The fourth-order valence-corrected chi connectivity index (χ4v) is 5.30. The molecule has 2 atom stereocenters. The first-order valence-corrected chi connectivity index (χ1v) is 13.1. The van der Waals surface area contributed by atoms with Gasteiger partial charge in [-0.2, -0.15) is 0 Å². The third kappa shape index (κ3) is 6.52. The number of thioether (sulfide) groups is 1. The predicted octanol–water partition coefficient (Wildman–Crippen LogP) is 5.16. The molecule has 36 heavy (non-hydrogen) atoms. The second-order valence-electron chi connectivity index (χ2n) is 8.11. The van der Waals surface area contributed by atoms with Crippen molar-refractivity contribution in [2.75, 3.05) is 23.5 Å². The second-order valence-corrected chi connectivity index (χ2v) is 10.0. The van der Waals surface area contributed by atoms with Crippen molar-refractivity contribution < 1.29 is 24.2 Å². The van der Waals surface area contributed by atoms with Crippen LogP contribution in [0.25, 0.3) is 11.3 Å². The monoisotopic (exact) mass is 523 g/mol. The molecule has 0 radical (unpaired) electrons. The van der Waals surface area contributed by atoms with E-state index in [2.05, 4.69) is 15.6 Å². The summed E-state index contributed by atoms with van der Waals surface area (Å²) in [6.45, 7) is 0. The van der Waals surface area contributed by atoms with Gasteiger partial charge in [-0.05, 0) is 55.3 Å². The van der Waals surface area contributed by atoms with E-state index >= 15 is 0 Å². The van der Waals surface area contributed by atoms with Gasteiger partial charge in [0.15, 0.2) is 5.13 Å². The molecule has 3 N–H and O–H groups in total. The summed E-state index contributed by atoms with van der Waals surface area (Å²) in [6.07, 6.45) is 4.39. The van der Waals surface area contributed by atoms with E-state index < -0.39 is 17.8 Å². The molecular weight excluding hydrogens is 498 g/mol. The number of carboxylic acid groups (broad SMARTS) is 1. The number of methoxy groups -OCH3 is 1. The maximum Gasteiger partial charge on any atom is 0.307 e. The van der Waals surface area contributed by atoms with Crippen molar-refractivity contribution in [2.45, 2.75) is 17.7 Å². The number of ether oxygens (including phenoxy) is 1. The number of benzene rings is 2. The highest BCUT2D eigenvalue weighted by molar-refractivity contribution is 8.00. The van der Waals surface area contributed by atoms with E-state index in [1.807, 2.05) is 41.8 Å². The molecule has 0 saturated carbocycles. The normalized spacial score (nSPS) is 16.8. The van der Waals surface area contributed by atoms with Crippen LogP contribution in [-0.2, 0) is 14.4 Å². The van der Waals surface area contributed by atoms with Gasteiger partial charge in [0.25, 0.3) is 0 Å². The molecule has 0 fully saturated rings. The van der Waals surface area contributed by atoms with Gasteiger partial charge in [-0.15, -0.1) is 23.1 Å². The number of thiazole rings is 1. The number of allylic oxidation sites excluding steroid dienone is 2. The van der Waals surface area contributed by atoms with Gasteiger partial charge >= 0.3 is 5.97 Å². The number of carbonyl (C=O) groups excluding carboxylic acids is 2. The van der Waals surface area contributed by atoms with Crippen LogP contribution in [0.15, 0.2) is 71.0 Å². The molecule has 1 aliphatic carbocycles. The Kier molecular flexibility index (Phi) is 8.40. The first-order valence-electron chi connectivity index (χ1n) is 11.2. The standard InChI is InChI=1S/C26H25N3O5S2/c1-34-18-11-9-16(10-12-18)22-14-36-26(28-22)29-23(30)15-35-19-6-4-5-17(13-19)27-24(31)20-7-2-3-8-21(20)25(32)33/h2-6,9-14,20-21H,7-8,15H2,1H3,(H,27,31)(H,32,33)(H,28,29,30). The molecule has 1 heterocycles. The molecule has 1 aromatic heterocycles. The lowest BCUT2D eigenvalue weighted by molar-refractivity contribution is -0.146. The van der Waals surface area contributed by atoms with Crippen LogP contribution in [0.4, 0.5) is 10.8 Å². The largest absolute Gasteiger partial charge is 0.497 e. The van der Waals surface area contributed by atoms with Crippen LogP contribution in [0.3, 0.4) is 0 Å². The molecule has 0 saturated heterocycles. The number of hydrogen-bond acceptors (Lipinski definition) is 7. The SMILES string of the molecule is COc1ccc(-c2csc(NC(=O)CSc3cccc(NC(=O)C4CC=CCC4C(=O)O)c3)n2)cc1. The number of rotatable bonds is 9. The molecule has 3 aromatic rings. The number of aliphatic carboxylic acids is 1. The average Bonchev–Trinajstić information content (AvgIpc) is 3.36. The highest BCUT2D eigenvalue weighted by Crippen LogP contribution is 2.29. The van der Waals surface area contributed by atoms with E-state index in [-0.39, 0.29) is 17.6 Å². The molecule has 2 unspecified atom stereocenters. The molecule has 2 amide bonds. The van der Waals surface area contributed by atoms with Crippen molar-refractivity contribution in [1.29, 1.82) is 0 Å². The molecule has 4 rings (SSSR count). The molecular formula is C26H25N3O5S2. The highest BCUT2D eigenvalue weighted by Gasteiger charge is 2.33. The lowest BCUT2D eigenvalue weighted by Crippen LogP contribution is -2.34. The molecule has 10 heteroatoms. The van der Waals surface area contributed by atoms with Gasteiger partial charge in [0.05, 0.1) is 30.4 Å². The Balaban J connectivity index is 1.30. The zero-order valence-corrected chi connectivity index (χ0v) is 21.1. The quantitative estimate of drug-likeness (QED) is 0.262. The predicted molar refractivity (Wildman–Crippen MR) is 142 cm³/mol. The van der Waals surface area contributed by atoms with E-state index in [9.17, 15) is 19.5 Å². The number of nitrogens with zero attached hydrogens (tertiary/aromatic N) is 1. The summed E-state index contributed by atoms with van der Waals surface area (Å²) in [6, 6.07) is 14.7. The van der Waals surface area contributed by atoms with Gasteiger partial charge in [-0.1, -0.05) is 18.2 Å². The van der Waals surface area contributed by atoms with Crippen LogP contribution in [0.5, 0.6) is 5.75 Å². The van der Waals surface area contributed by atoms with Gasteiger partial charge in [-0.3, -0.25) is 14.4 Å². The number of carbonyl (C=O) groups is 3. The minimum Gasteiger partial charge on any atom is -0.497 e. The van der Waals surface area contributed by atoms with Crippen LogP contribution >= 0.6 is 23.1 Å². The zero-order valence-electron chi connectivity index (χ0n) is 19.5. The van der Waals surface area contributed by atoms with Crippen LogP contribution in [0.1, 0.15) is 12.8 Å². The Morgan fingerprint density at radius 1 is 1.08 bits per heavy atom. The van der Waals surface area contributed by atoms with Crippen molar-refractivity contribution in [3.63, 3.8) is 0 Å². The molecule has 186 valence electrons. The Morgan fingerprint density at radius 3 is 2.56 bits per heavy atom. The molecule has 0 bridgehead atoms. The van der Waals surface area contributed by atoms with Crippen LogP contribution < -0.4 is 15.4 Å². The lowest BCUT2D eigenvalue weighted by Gasteiger charge is -2.24. The van der Waals surface area contributed by atoms with Gasteiger partial charge in [0, 0.05) is 21.5 Å². The van der Waals surface area contributed by atoms with Crippen molar-refractivity contribution in [3.8, 4) is 17.0 Å². The van der Waals surface area contributed by atoms with E-state index in [0.29, 0.717) is 23.7 Å². The fraction of sp³-hybridized carbons (Fsp3) is 0.231. The van der Waals surface area contributed by atoms with Crippen molar-refractivity contribution in [3.05, 3.63) is 66.1 Å². The third-order valence-corrected chi connectivity index (χ3v) is 7.45. The van der Waals surface area contributed by atoms with Crippen molar-refractivity contribution in [1.82, 2.24) is 4.98 Å². The molecule has 0 spiro atoms. The number of carboxylic acids is 1. The molecule has 0 aliphatic heterocycles.